The number of carboxylic acids is 1. The predicted octanol–water partition coefficient (Wildman–Crippen LogP) is 2.78. The molecule has 3 heteroatoms. The minimum atomic E-state index is -0.855. The summed E-state index contributed by atoms with van der Waals surface area (Å²) in [5.41, 5.74) is 2.16. The van der Waals surface area contributed by atoms with Crippen LogP contribution < -0.4 is 0 Å². The molecule has 0 atom stereocenters. The summed E-state index contributed by atoms with van der Waals surface area (Å²) in [5, 5.41) is 9.11. The van der Waals surface area contributed by atoms with Crippen molar-refractivity contribution in [2.75, 3.05) is 0 Å². The van der Waals surface area contributed by atoms with Crippen LogP contribution in [0.4, 0.5) is 0 Å². The Morgan fingerprint density at radius 3 is 2.67 bits per heavy atom. The van der Waals surface area contributed by atoms with E-state index < -0.39 is 5.97 Å². The van der Waals surface area contributed by atoms with Gasteiger partial charge in [0.05, 0.1) is 11.3 Å². The maximum Gasteiger partial charge on any atom is 0.337 e. The van der Waals surface area contributed by atoms with Gasteiger partial charge in [0.15, 0.2) is 0 Å². The van der Waals surface area contributed by atoms with E-state index in [4.69, 9.17) is 5.11 Å². The molecular weight excluding hydrogens is 190 g/mol. The Bertz CT molecular complexity index is 395. The molecule has 15 heavy (non-hydrogen) atoms. The third kappa shape index (κ3) is 2.01. The lowest BCUT2D eigenvalue weighted by molar-refractivity contribution is 0.0695. The molecule has 1 aromatic rings. The van der Waals surface area contributed by atoms with Crippen molar-refractivity contribution in [3.8, 4) is 0 Å². The largest absolute Gasteiger partial charge is 0.478 e. The van der Waals surface area contributed by atoms with Gasteiger partial charge in [-0.15, -0.1) is 0 Å². The van der Waals surface area contributed by atoms with Gasteiger partial charge in [0.1, 0.15) is 0 Å². The van der Waals surface area contributed by atoms with Crippen LogP contribution in [0.5, 0.6) is 0 Å². The number of nitrogens with zero attached hydrogens (tertiary/aromatic N) is 1. The van der Waals surface area contributed by atoms with Gasteiger partial charge in [-0.25, -0.2) is 4.79 Å². The van der Waals surface area contributed by atoms with Gasteiger partial charge in [-0.05, 0) is 30.4 Å². The second-order valence-electron chi connectivity index (χ2n) is 4.44. The van der Waals surface area contributed by atoms with Gasteiger partial charge < -0.3 is 5.11 Å². The minimum absolute atomic E-state index is 0.323. The Kier molecular flexibility index (Phi) is 2.47. The Hall–Kier alpha value is -1.38. The van der Waals surface area contributed by atoms with Crippen LogP contribution >= 0.6 is 0 Å². The predicted molar refractivity (Wildman–Crippen MR) is 57.3 cm³/mol. The second-order valence-corrected chi connectivity index (χ2v) is 4.44. The van der Waals surface area contributed by atoms with E-state index in [2.05, 4.69) is 4.98 Å². The number of aromatic carboxylic acids is 1. The summed E-state index contributed by atoms with van der Waals surface area (Å²) in [6.45, 7) is 4.08. The van der Waals surface area contributed by atoms with Crippen LogP contribution in [0.25, 0.3) is 0 Å². The fraction of sp³-hybridized carbons (Fsp3) is 0.500. The number of pyridine rings is 1. The molecule has 1 N–H and O–H groups in total. The fourth-order valence-electron chi connectivity index (χ4n) is 1.66. The van der Waals surface area contributed by atoms with Crippen LogP contribution in [0.3, 0.4) is 0 Å². The molecule has 1 heterocycles. The zero-order chi connectivity index (χ0) is 11.0. The van der Waals surface area contributed by atoms with Crippen molar-refractivity contribution >= 4 is 5.97 Å². The highest BCUT2D eigenvalue weighted by atomic mass is 16.4. The number of hydrogen-bond donors (Lipinski definition) is 1. The number of carboxylic acid groups (broad SMARTS) is 1. The summed E-state index contributed by atoms with van der Waals surface area (Å²) in [4.78, 5) is 15.4. The van der Waals surface area contributed by atoms with Crippen molar-refractivity contribution in [3.05, 3.63) is 29.1 Å². The van der Waals surface area contributed by atoms with E-state index in [1.807, 2.05) is 20.0 Å². The van der Waals surface area contributed by atoms with Gasteiger partial charge in [-0.2, -0.15) is 0 Å². The monoisotopic (exact) mass is 205 g/mol. The molecule has 1 saturated carbocycles. The van der Waals surface area contributed by atoms with Crippen molar-refractivity contribution in [3.63, 3.8) is 0 Å². The van der Waals surface area contributed by atoms with E-state index in [0.29, 0.717) is 17.4 Å². The molecule has 0 bridgehead atoms. The quantitative estimate of drug-likeness (QED) is 0.825. The maximum absolute atomic E-state index is 11.1. The summed E-state index contributed by atoms with van der Waals surface area (Å²) in [6, 6.07) is 1.77. The highest BCUT2D eigenvalue weighted by Gasteiger charge is 2.29. The normalized spacial score (nSPS) is 15.7. The second kappa shape index (κ2) is 3.65. The Morgan fingerprint density at radius 2 is 2.20 bits per heavy atom. The van der Waals surface area contributed by atoms with Crippen LogP contribution in [0.2, 0.25) is 0 Å². The van der Waals surface area contributed by atoms with Gasteiger partial charge in [0, 0.05) is 12.1 Å². The number of hydrogen-bond acceptors (Lipinski definition) is 2. The fourth-order valence-corrected chi connectivity index (χ4v) is 1.66. The summed E-state index contributed by atoms with van der Waals surface area (Å²) in [6.07, 6.45) is 3.97. The lowest BCUT2D eigenvalue weighted by atomic mass is 10.0. The Labute approximate surface area is 89.2 Å². The highest BCUT2D eigenvalue weighted by Crippen LogP contribution is 2.40. The third-order valence-corrected chi connectivity index (χ3v) is 2.80. The van der Waals surface area contributed by atoms with Crippen LogP contribution in [0, 0.1) is 0 Å². The molecule has 1 aliphatic carbocycles. The smallest absolute Gasteiger partial charge is 0.337 e. The van der Waals surface area contributed by atoms with Crippen LogP contribution in [0.15, 0.2) is 12.3 Å². The first-order valence-corrected chi connectivity index (χ1v) is 5.32. The van der Waals surface area contributed by atoms with Gasteiger partial charge in [0.25, 0.3) is 0 Å². The molecule has 0 saturated heterocycles. The molecule has 1 aliphatic rings. The molecule has 0 spiro atoms. The van der Waals surface area contributed by atoms with E-state index in [1.54, 1.807) is 6.07 Å². The molecule has 0 unspecified atom stereocenters. The molecular formula is C12H15NO2. The van der Waals surface area contributed by atoms with Crippen molar-refractivity contribution in [2.24, 2.45) is 0 Å². The van der Waals surface area contributed by atoms with E-state index in [0.717, 1.165) is 24.1 Å². The van der Waals surface area contributed by atoms with Crippen LogP contribution in [-0.4, -0.2) is 16.1 Å². The third-order valence-electron chi connectivity index (χ3n) is 2.80. The van der Waals surface area contributed by atoms with Gasteiger partial charge in [-0.1, -0.05) is 13.8 Å². The van der Waals surface area contributed by atoms with E-state index in [1.165, 1.54) is 0 Å². The average Bonchev–Trinajstić information content (AvgIpc) is 2.99. The zero-order valence-corrected chi connectivity index (χ0v) is 9.03. The van der Waals surface area contributed by atoms with Crippen molar-refractivity contribution < 1.29 is 9.90 Å². The summed E-state index contributed by atoms with van der Waals surface area (Å²) in [7, 11) is 0. The molecule has 2 rings (SSSR count). The number of rotatable bonds is 3. The molecule has 1 aromatic heterocycles. The topological polar surface area (TPSA) is 50.2 Å². The SMILES string of the molecule is CC(C)c1cnc(C2CC2)c(C(=O)O)c1. The van der Waals surface area contributed by atoms with Crippen LogP contribution in [0.1, 0.15) is 60.1 Å². The average molecular weight is 205 g/mol. The number of carbonyl (C=O) groups is 1. The Morgan fingerprint density at radius 1 is 1.53 bits per heavy atom. The maximum atomic E-state index is 11.1. The first kappa shape index (κ1) is 10.1. The first-order valence-electron chi connectivity index (χ1n) is 5.32. The lowest BCUT2D eigenvalue weighted by Gasteiger charge is -2.09. The molecule has 0 aromatic carbocycles. The van der Waals surface area contributed by atoms with Crippen LogP contribution in [-0.2, 0) is 0 Å². The highest BCUT2D eigenvalue weighted by molar-refractivity contribution is 5.89. The standard InChI is InChI=1S/C12H15NO2/c1-7(2)9-5-10(12(14)15)11(13-6-9)8-3-4-8/h5-8H,3-4H2,1-2H3,(H,14,15). The van der Waals surface area contributed by atoms with E-state index in [9.17, 15) is 4.79 Å². The molecule has 0 amide bonds. The van der Waals surface area contributed by atoms with E-state index in [-0.39, 0.29) is 0 Å². The summed E-state index contributed by atoms with van der Waals surface area (Å²) >= 11 is 0. The molecule has 3 nitrogen and oxygen atoms in total. The number of aromatic nitrogens is 1. The van der Waals surface area contributed by atoms with Gasteiger partial charge in [0.2, 0.25) is 0 Å². The Balaban J connectivity index is 2.44. The minimum Gasteiger partial charge on any atom is -0.478 e. The van der Waals surface area contributed by atoms with Gasteiger partial charge in [-0.3, -0.25) is 4.98 Å². The molecule has 1 fully saturated rings. The lowest BCUT2D eigenvalue weighted by Crippen LogP contribution is -2.06. The molecule has 80 valence electrons. The summed E-state index contributed by atoms with van der Waals surface area (Å²) in [5.74, 6) is -0.145. The van der Waals surface area contributed by atoms with E-state index >= 15 is 0 Å². The van der Waals surface area contributed by atoms with Gasteiger partial charge >= 0.3 is 5.97 Å². The first-order chi connectivity index (χ1) is 7.09. The zero-order valence-electron chi connectivity index (χ0n) is 9.03. The van der Waals surface area contributed by atoms with Crippen molar-refractivity contribution in [1.82, 2.24) is 4.98 Å². The van der Waals surface area contributed by atoms with Crippen molar-refractivity contribution in [2.45, 2.75) is 38.5 Å². The molecule has 0 radical (unpaired) electrons. The molecule has 0 aliphatic heterocycles. The summed E-state index contributed by atoms with van der Waals surface area (Å²) < 4.78 is 0. The van der Waals surface area contributed by atoms with Crippen molar-refractivity contribution in [1.29, 1.82) is 0 Å².